The van der Waals surface area contributed by atoms with Crippen LogP contribution < -0.4 is 43.2 Å². The van der Waals surface area contributed by atoms with E-state index in [0.717, 1.165) is 56.4 Å². The van der Waals surface area contributed by atoms with Gasteiger partial charge in [0.2, 0.25) is 0 Å². The number of carboxylic acid groups (broad SMARTS) is 3. The predicted molar refractivity (Wildman–Crippen MR) is 204 cm³/mol. The van der Waals surface area contributed by atoms with Crippen LogP contribution in [-0.4, -0.2) is 80.0 Å². The molecule has 2 amide bonds. The Hall–Kier alpha value is -5.40. The summed E-state index contributed by atoms with van der Waals surface area (Å²) in [7, 11) is 0. The molecule has 0 radical (unpaired) electrons. The Kier molecular flexibility index (Phi) is 29.8. The largest absolute Gasteiger partial charge is 0.542 e. The number of alkyl halides is 9. The van der Waals surface area contributed by atoms with Crippen LogP contribution in [-0.2, 0) is 14.4 Å². The molecule has 0 aliphatic carbocycles. The second kappa shape index (κ2) is 31.4. The molecular weight excluding hydrogens is 861 g/mol. The summed E-state index contributed by atoms with van der Waals surface area (Å²) in [6.45, 7) is 5.22. The molecule has 63 heavy (non-hydrogen) atoms. The number of benzene rings is 2. The maximum atomic E-state index is 13.0. The van der Waals surface area contributed by atoms with E-state index in [-0.39, 0.29) is 17.4 Å². The Morgan fingerprint density at radius 3 is 1.08 bits per heavy atom. The summed E-state index contributed by atoms with van der Waals surface area (Å²) in [4.78, 5) is 51.8. The standard InChI is InChI=1S/C35H53N5O2.3C2HF3O2/c1-2-3-4-5-6-7-8-9-10-11-28-39-33(41)31-18-14-29(15-19-31)12-13-30-16-20-32(21-17-30)34(42)40-35(22-25-36,23-26-37)24-27-38;3*3-2(4,5)1(6)7/h14-21H,2-11,22-28,36-38H2,1H3,(H,39,41)(H,40,42);3*(H,6,7). The van der Waals surface area contributed by atoms with Gasteiger partial charge in [-0.2, -0.15) is 39.5 Å². The van der Waals surface area contributed by atoms with Crippen LogP contribution >= 0.6 is 0 Å². The van der Waals surface area contributed by atoms with Crippen LogP contribution in [0.4, 0.5) is 39.5 Å². The molecule has 0 heterocycles. The molecule has 0 unspecified atom stereocenters. The Morgan fingerprint density at radius 2 is 0.794 bits per heavy atom. The Balaban J connectivity index is 0. The quantitative estimate of drug-likeness (QED) is 0.0726. The fraction of sp³-hybridized carbons (Fsp3) is 0.537. The van der Waals surface area contributed by atoms with Crippen molar-refractivity contribution in [2.24, 2.45) is 0 Å². The molecule has 0 atom stereocenters. The number of rotatable bonds is 20. The maximum Gasteiger partial charge on any atom is 0.430 e. The van der Waals surface area contributed by atoms with Gasteiger partial charge in [-0.05, 0) is 55.0 Å². The Morgan fingerprint density at radius 1 is 0.508 bits per heavy atom. The molecule has 11 N–H and O–H groups in total. The summed E-state index contributed by atoms with van der Waals surface area (Å²) in [5, 5.41) is 32.6. The summed E-state index contributed by atoms with van der Waals surface area (Å²) in [5.74, 6) is -2.84. The van der Waals surface area contributed by atoms with Gasteiger partial charge in [0.05, 0.1) is 25.2 Å². The lowest BCUT2D eigenvalue weighted by atomic mass is 9.87. The topological polar surface area (TPSA) is 262 Å². The number of amides is 2. The summed E-state index contributed by atoms with van der Waals surface area (Å²) in [6.07, 6.45) is -0.308. The molecule has 0 aromatic heterocycles. The lowest BCUT2D eigenvalue weighted by Gasteiger charge is -2.32. The van der Waals surface area contributed by atoms with E-state index in [4.69, 9.17) is 29.7 Å². The summed E-state index contributed by atoms with van der Waals surface area (Å²) in [6, 6.07) is 14.7. The summed E-state index contributed by atoms with van der Waals surface area (Å²) >= 11 is 0. The number of nitrogens with one attached hydrogen (secondary N) is 2. The first-order valence-corrected chi connectivity index (χ1v) is 19.8. The number of unbranched alkanes of at least 4 members (excludes halogenated alkanes) is 9. The molecule has 2 aromatic carbocycles. The molecule has 2 rings (SSSR count). The Bertz CT molecular complexity index is 1640. The van der Waals surface area contributed by atoms with E-state index in [1.165, 1.54) is 57.8 Å². The molecule has 2 aromatic rings. The van der Waals surface area contributed by atoms with Crippen LogP contribution in [0.2, 0.25) is 0 Å². The molecule has 0 bridgehead atoms. The number of halogens is 9. The number of aliphatic carboxylic acids is 3. The molecule has 356 valence electrons. The first kappa shape index (κ1) is 59.7. The van der Waals surface area contributed by atoms with E-state index in [9.17, 15) is 49.1 Å². The fourth-order valence-corrected chi connectivity index (χ4v) is 5.36. The second-order valence-corrected chi connectivity index (χ2v) is 13.7. The van der Waals surface area contributed by atoms with Crippen molar-refractivity contribution in [1.82, 2.24) is 10.6 Å². The van der Waals surface area contributed by atoms with Crippen molar-refractivity contribution in [2.45, 2.75) is 114 Å². The second-order valence-electron chi connectivity index (χ2n) is 13.7. The van der Waals surface area contributed by atoms with Crippen LogP contribution in [0.3, 0.4) is 0 Å². The third-order valence-electron chi connectivity index (χ3n) is 8.50. The van der Waals surface area contributed by atoms with Gasteiger partial charge >= 0.3 is 18.5 Å². The number of carbonyl (C=O) groups excluding carboxylic acids is 5. The van der Waals surface area contributed by atoms with Gasteiger partial charge in [-0.3, -0.25) is 9.59 Å². The third kappa shape index (κ3) is 29.5. The van der Waals surface area contributed by atoms with Gasteiger partial charge in [0.1, 0.15) is 17.9 Å². The first-order valence-electron chi connectivity index (χ1n) is 19.8. The number of hydrogen-bond acceptors (Lipinski definition) is 8. The van der Waals surface area contributed by atoms with E-state index in [1.54, 1.807) is 0 Å². The van der Waals surface area contributed by atoms with Crippen LogP contribution in [0, 0.1) is 11.8 Å². The maximum absolute atomic E-state index is 13.0. The van der Waals surface area contributed by atoms with Gasteiger partial charge in [0.15, 0.2) is 0 Å². The minimum Gasteiger partial charge on any atom is -0.542 e. The smallest absolute Gasteiger partial charge is 0.430 e. The normalized spacial score (nSPS) is 11.1. The average molecular weight is 918 g/mol. The SMILES string of the molecule is CCCCCCCCCCCCNC(=O)c1ccc(C#Cc2ccc(C(=O)NC(CC[NH3+])(CC[NH3+])CC[NH3+])cc2)cc1.O=C([O-])C(F)(F)F.O=C([O-])C(F)(F)F.O=C([O-])C(F)(F)F. The van der Waals surface area contributed by atoms with Crippen molar-refractivity contribution in [3.63, 3.8) is 0 Å². The predicted octanol–water partition coefficient (Wildman–Crippen LogP) is 0.998. The zero-order chi connectivity index (χ0) is 48.7. The molecule has 13 nitrogen and oxygen atoms in total. The van der Waals surface area contributed by atoms with Gasteiger partial charge in [0.25, 0.3) is 11.8 Å². The van der Waals surface area contributed by atoms with E-state index in [0.29, 0.717) is 17.7 Å². The first-order chi connectivity index (χ1) is 29.3. The molecular formula is C41H56F9N5O8. The van der Waals surface area contributed by atoms with Crippen LogP contribution in [0.5, 0.6) is 0 Å². The highest BCUT2D eigenvalue weighted by Gasteiger charge is 2.33. The van der Waals surface area contributed by atoms with Crippen molar-refractivity contribution >= 4 is 29.7 Å². The van der Waals surface area contributed by atoms with Gasteiger partial charge in [0, 0.05) is 48.1 Å². The molecule has 0 spiro atoms. The highest BCUT2D eigenvalue weighted by molar-refractivity contribution is 5.95. The van der Waals surface area contributed by atoms with Gasteiger partial charge < -0.3 is 57.5 Å². The number of carbonyl (C=O) groups is 5. The Labute approximate surface area is 359 Å². The zero-order valence-corrected chi connectivity index (χ0v) is 34.9. The molecule has 0 saturated carbocycles. The van der Waals surface area contributed by atoms with E-state index in [2.05, 4.69) is 46.6 Å². The monoisotopic (exact) mass is 917 g/mol. The van der Waals surface area contributed by atoms with Crippen LogP contribution in [0.1, 0.15) is 122 Å². The summed E-state index contributed by atoms with van der Waals surface area (Å²) < 4.78 is 94.6. The molecule has 0 aliphatic rings. The van der Waals surface area contributed by atoms with Crippen molar-refractivity contribution in [3.8, 4) is 11.8 Å². The van der Waals surface area contributed by atoms with E-state index < -0.39 is 36.4 Å². The lowest BCUT2D eigenvalue weighted by molar-refractivity contribution is -0.387. The molecule has 0 saturated heterocycles. The van der Waals surface area contributed by atoms with Crippen LogP contribution in [0.25, 0.3) is 0 Å². The van der Waals surface area contributed by atoms with Gasteiger partial charge in [-0.25, -0.2) is 0 Å². The van der Waals surface area contributed by atoms with E-state index >= 15 is 0 Å². The zero-order valence-electron chi connectivity index (χ0n) is 34.9. The molecule has 0 aliphatic heterocycles. The van der Waals surface area contributed by atoms with Gasteiger partial charge in [-0.15, -0.1) is 0 Å². The number of hydrogen-bond donors (Lipinski definition) is 5. The summed E-state index contributed by atoms with van der Waals surface area (Å²) in [5.41, 5.74) is 14.6. The lowest BCUT2D eigenvalue weighted by Crippen LogP contribution is -2.64. The highest BCUT2D eigenvalue weighted by atomic mass is 19.4. The van der Waals surface area contributed by atoms with Crippen molar-refractivity contribution in [1.29, 1.82) is 0 Å². The highest BCUT2D eigenvalue weighted by Crippen LogP contribution is 2.20. The fourth-order valence-electron chi connectivity index (χ4n) is 5.36. The van der Waals surface area contributed by atoms with Crippen molar-refractivity contribution in [3.05, 3.63) is 70.8 Å². The van der Waals surface area contributed by atoms with Crippen LogP contribution in [0.15, 0.2) is 48.5 Å². The van der Waals surface area contributed by atoms with Crippen molar-refractivity contribution in [2.75, 3.05) is 26.2 Å². The minimum absolute atomic E-state index is 0.0380. The third-order valence-corrected chi connectivity index (χ3v) is 8.50. The number of quaternary nitrogens is 3. The number of carboxylic acids is 3. The molecule has 22 heteroatoms. The van der Waals surface area contributed by atoms with Gasteiger partial charge in [-0.1, -0.05) is 76.6 Å². The van der Waals surface area contributed by atoms with Crippen molar-refractivity contribution < 1.29 is 96.0 Å². The minimum atomic E-state index is -5.19. The van der Waals surface area contributed by atoms with E-state index in [1.807, 2.05) is 48.5 Å². The average Bonchev–Trinajstić information content (AvgIpc) is 3.19. The molecule has 0 fully saturated rings.